The van der Waals surface area contributed by atoms with Crippen molar-refractivity contribution in [2.45, 2.75) is 147 Å². The molecule has 2 aliphatic heterocycles. The number of oxime groups is 1. The van der Waals surface area contributed by atoms with Crippen molar-refractivity contribution in [1.82, 2.24) is 10.2 Å². The molecule has 0 saturated heterocycles. The van der Waals surface area contributed by atoms with Crippen LogP contribution >= 0.6 is 0 Å². The zero-order chi connectivity index (χ0) is 45.3. The number of ether oxygens (including phenoxy) is 5. The van der Waals surface area contributed by atoms with E-state index in [-0.39, 0.29) is 56.8 Å². The maximum Gasteiger partial charge on any atom is 0.412 e. The van der Waals surface area contributed by atoms with Gasteiger partial charge in [0.05, 0.1) is 18.2 Å². The van der Waals surface area contributed by atoms with E-state index in [0.717, 1.165) is 67.4 Å². The number of nitrogens with one attached hydrogen (secondary N) is 1. The van der Waals surface area contributed by atoms with Crippen LogP contribution in [0.5, 0.6) is 23.0 Å². The number of nitrogens with zero attached hydrogens (tertiary/aromatic N) is 2. The molecule has 0 spiro atoms. The number of aliphatic hydroxyl groups is 2. The molecule has 1 saturated carbocycles. The number of carbonyl (C=O) groups excluding carboxylic acids is 2. The number of fused-ring (bicyclic) bond motifs is 3. The van der Waals surface area contributed by atoms with Crippen LogP contribution in [0.1, 0.15) is 140 Å². The number of hydrogen-bond acceptors (Lipinski definition) is 11. The predicted octanol–water partition coefficient (Wildman–Crippen LogP) is 9.74. The van der Waals surface area contributed by atoms with Gasteiger partial charge >= 0.3 is 6.09 Å². The van der Waals surface area contributed by atoms with Crippen LogP contribution in [0.2, 0.25) is 0 Å². The highest BCUT2D eigenvalue weighted by atomic mass is 16.7. The summed E-state index contributed by atoms with van der Waals surface area (Å²) in [6.07, 6.45) is 18.9. The average Bonchev–Trinajstić information content (AvgIpc) is 3.77. The van der Waals surface area contributed by atoms with Gasteiger partial charge in [0.2, 0.25) is 18.5 Å². The van der Waals surface area contributed by atoms with E-state index in [4.69, 9.17) is 33.7 Å². The second-order valence-electron chi connectivity index (χ2n) is 17.7. The minimum atomic E-state index is -1.41. The summed E-state index contributed by atoms with van der Waals surface area (Å²) in [6, 6.07) is 10.6. The van der Waals surface area contributed by atoms with Crippen molar-refractivity contribution in [2.24, 2.45) is 22.9 Å². The molecule has 1 fully saturated rings. The van der Waals surface area contributed by atoms with Gasteiger partial charge in [0, 0.05) is 50.6 Å². The van der Waals surface area contributed by atoms with Crippen molar-refractivity contribution in [3.8, 4) is 23.0 Å². The summed E-state index contributed by atoms with van der Waals surface area (Å²) in [5, 5.41) is 27.3. The number of benzene rings is 2. The van der Waals surface area contributed by atoms with Gasteiger partial charge in [0.1, 0.15) is 24.7 Å². The van der Waals surface area contributed by atoms with Crippen LogP contribution in [0.3, 0.4) is 0 Å². The van der Waals surface area contributed by atoms with Crippen molar-refractivity contribution < 1.29 is 48.3 Å². The SMILES string of the molecule is C=CCOC12Oc3ccc(OC(=O)NCC)cc3C3C(CCCCO)C(CCCCO)C=C(C(=NOC)CC1N(Cc1ccc4c(c1)OCO4)C(=O)CCCCCCCCCCC)C32. The second kappa shape index (κ2) is 24.6. The van der Waals surface area contributed by atoms with Gasteiger partial charge in [-0.1, -0.05) is 94.5 Å². The third kappa shape index (κ3) is 11.8. The van der Waals surface area contributed by atoms with Gasteiger partial charge in [-0.2, -0.15) is 0 Å². The van der Waals surface area contributed by atoms with Gasteiger partial charge in [-0.25, -0.2) is 4.79 Å². The molecular formula is C51H73N3O10. The lowest BCUT2D eigenvalue weighted by molar-refractivity contribution is -0.258. The number of carbonyl (C=O) groups is 2. The van der Waals surface area contributed by atoms with E-state index in [0.29, 0.717) is 55.2 Å². The van der Waals surface area contributed by atoms with Crippen LogP contribution in [-0.4, -0.2) is 84.9 Å². The molecule has 2 aliphatic carbocycles. The first kappa shape index (κ1) is 48.9. The summed E-state index contributed by atoms with van der Waals surface area (Å²) in [4.78, 5) is 35.5. The van der Waals surface area contributed by atoms with E-state index < -0.39 is 23.8 Å². The molecule has 4 aliphatic rings. The molecule has 0 aromatic heterocycles. The highest BCUT2D eigenvalue weighted by Gasteiger charge is 2.65. The quantitative estimate of drug-likeness (QED) is 0.0448. The smallest absolute Gasteiger partial charge is 0.412 e. The van der Waals surface area contributed by atoms with Gasteiger partial charge in [0.15, 0.2) is 11.5 Å². The van der Waals surface area contributed by atoms with Crippen LogP contribution in [0.15, 0.2) is 65.9 Å². The molecular weight excluding hydrogens is 815 g/mol. The summed E-state index contributed by atoms with van der Waals surface area (Å²) < 4.78 is 31.8. The number of allylic oxidation sites excluding steroid dienone is 1. The monoisotopic (exact) mass is 888 g/mol. The van der Waals surface area contributed by atoms with E-state index in [9.17, 15) is 15.0 Å². The lowest BCUT2D eigenvalue weighted by Crippen LogP contribution is -2.70. The molecule has 352 valence electrons. The Bertz CT molecular complexity index is 1900. The molecule has 2 heterocycles. The molecule has 2 aromatic carbocycles. The summed E-state index contributed by atoms with van der Waals surface area (Å²) >= 11 is 0. The average molecular weight is 888 g/mol. The lowest BCUT2D eigenvalue weighted by atomic mass is 9.55. The van der Waals surface area contributed by atoms with Crippen molar-refractivity contribution in [1.29, 1.82) is 0 Å². The number of unbranched alkanes of at least 4 members (excludes halogenated alkanes) is 10. The zero-order valence-electron chi connectivity index (χ0n) is 38.5. The molecule has 13 heteroatoms. The molecule has 3 N–H and O–H groups in total. The third-order valence-corrected chi connectivity index (χ3v) is 13.4. The highest BCUT2D eigenvalue weighted by molar-refractivity contribution is 6.03. The first-order chi connectivity index (χ1) is 31.3. The molecule has 64 heavy (non-hydrogen) atoms. The van der Waals surface area contributed by atoms with E-state index in [1.165, 1.54) is 38.5 Å². The zero-order valence-corrected chi connectivity index (χ0v) is 38.5. The first-order valence-electron chi connectivity index (χ1n) is 24.1. The van der Waals surface area contributed by atoms with Gasteiger partial charge in [-0.3, -0.25) is 4.79 Å². The normalized spacial score (nSPS) is 23.4. The molecule has 13 nitrogen and oxygen atoms in total. The Labute approximate surface area is 380 Å². The predicted molar refractivity (Wildman–Crippen MR) is 247 cm³/mol. The number of rotatable bonds is 27. The summed E-state index contributed by atoms with van der Waals surface area (Å²) in [6.45, 7) is 9.28. The lowest BCUT2D eigenvalue weighted by Gasteiger charge is -2.60. The Balaban J connectivity index is 1.48. The summed E-state index contributed by atoms with van der Waals surface area (Å²) in [5.41, 5.74) is 3.41. The van der Waals surface area contributed by atoms with Crippen LogP contribution in [-0.2, 0) is 20.9 Å². The molecule has 6 atom stereocenters. The van der Waals surface area contributed by atoms with E-state index in [2.05, 4.69) is 24.9 Å². The van der Waals surface area contributed by atoms with Crippen LogP contribution < -0.4 is 24.3 Å². The highest BCUT2D eigenvalue weighted by Crippen LogP contribution is 2.62. The molecule has 6 unspecified atom stereocenters. The van der Waals surface area contributed by atoms with E-state index >= 15 is 4.79 Å². The minimum absolute atomic E-state index is 0.00907. The minimum Gasteiger partial charge on any atom is -0.459 e. The number of amides is 2. The molecule has 0 radical (unpaired) electrons. The summed E-state index contributed by atoms with van der Waals surface area (Å²) in [7, 11) is 1.55. The maximum atomic E-state index is 15.1. The Kier molecular flexibility index (Phi) is 18.8. The second-order valence-corrected chi connectivity index (χ2v) is 17.7. The summed E-state index contributed by atoms with van der Waals surface area (Å²) in [5.74, 6) is 0.191. The van der Waals surface area contributed by atoms with Gasteiger partial charge in [-0.05, 0) is 92.3 Å². The number of hydrogen-bond donors (Lipinski definition) is 3. The largest absolute Gasteiger partial charge is 0.459 e. The van der Waals surface area contributed by atoms with E-state index in [1.54, 1.807) is 19.3 Å². The maximum absolute atomic E-state index is 15.1. The Morgan fingerprint density at radius 1 is 0.906 bits per heavy atom. The molecule has 6 rings (SSSR count). The van der Waals surface area contributed by atoms with Gasteiger partial charge < -0.3 is 49.0 Å². The standard InChI is InChI=1S/C51H73N3O10/c1-5-8-9-10-11-12-13-14-15-22-47(57)54(34-36-23-25-44-45(30-36)61-35-60-44)46-33-42(53-59-4)40-31-37(20-16-18-27-55)39(21-17-19-28-56)48-41-32-38(63-50(58)52-7-3)24-26-43(41)64-51(46,49(40)48)62-29-6-2/h6,23-26,30-32,37,39,46,48-49,55-56H,2,5,7-22,27-29,33-35H2,1,3-4H3,(H,52,58). The van der Waals surface area contributed by atoms with Crippen molar-refractivity contribution in [3.63, 3.8) is 0 Å². The topological polar surface area (TPSA) is 158 Å². The van der Waals surface area contributed by atoms with Crippen molar-refractivity contribution >= 4 is 17.7 Å². The number of aliphatic hydroxyl groups excluding tert-OH is 2. The van der Waals surface area contributed by atoms with E-state index in [1.807, 2.05) is 42.2 Å². The molecule has 0 bridgehead atoms. The van der Waals surface area contributed by atoms with Crippen LogP contribution in [0, 0.1) is 17.8 Å². The Morgan fingerprint density at radius 2 is 1.62 bits per heavy atom. The fourth-order valence-corrected chi connectivity index (χ4v) is 10.4. The molecule has 2 aromatic rings. The van der Waals surface area contributed by atoms with Gasteiger partial charge in [0.25, 0.3) is 0 Å². The van der Waals surface area contributed by atoms with Crippen molar-refractivity contribution in [2.75, 3.05) is 40.3 Å². The van der Waals surface area contributed by atoms with Crippen molar-refractivity contribution in [3.05, 3.63) is 71.8 Å². The van der Waals surface area contributed by atoms with Crippen LogP contribution in [0.4, 0.5) is 4.79 Å². The van der Waals surface area contributed by atoms with Crippen LogP contribution in [0.25, 0.3) is 0 Å². The third-order valence-electron chi connectivity index (χ3n) is 13.4. The molecule has 2 amide bonds. The fourth-order valence-electron chi connectivity index (χ4n) is 10.4. The van der Waals surface area contributed by atoms with Gasteiger partial charge in [-0.15, -0.1) is 6.58 Å². The Morgan fingerprint density at radius 3 is 2.34 bits per heavy atom. The fraction of sp³-hybridized carbons (Fsp3) is 0.627. The Hall–Kier alpha value is -4.59. The first-order valence-corrected chi connectivity index (χ1v) is 24.1.